The fraction of sp³-hybridized carbons (Fsp3) is 0.926. The first-order chi connectivity index (χ1) is 24.8. The van der Waals surface area contributed by atoms with Crippen molar-refractivity contribution in [1.29, 1.82) is 0 Å². The van der Waals surface area contributed by atoms with E-state index in [2.05, 4.69) is 0 Å². The van der Waals surface area contributed by atoms with Crippen LogP contribution in [-0.2, 0) is 0 Å². The van der Waals surface area contributed by atoms with Crippen molar-refractivity contribution < 1.29 is 46.2 Å². The Morgan fingerprint density at radius 1 is 1.32 bits per heavy atom. The van der Waals surface area contributed by atoms with E-state index in [1.807, 2.05) is 0 Å². The minimum absolute atomic E-state index is 0.502. The average Bonchev–Trinajstić information content (AvgIpc) is 3.08. The molecule has 0 unspecified atom stereocenters. The zero-order chi connectivity index (χ0) is 46.6. The first kappa shape index (κ1) is 5.36. The first-order valence-corrected chi connectivity index (χ1v) is 9.27. The molecule has 160 valence electrons. The summed E-state index contributed by atoms with van der Waals surface area (Å²) in [6.45, 7) is -11.7. The van der Waals surface area contributed by atoms with E-state index in [1.54, 1.807) is 0 Å². The Labute approximate surface area is 216 Å². The minimum Gasteiger partial charge on any atom is -0.393 e. The van der Waals surface area contributed by atoms with Gasteiger partial charge in [-0.2, -0.15) is 0 Å². The van der Waals surface area contributed by atoms with E-state index < -0.39 is 155 Å². The van der Waals surface area contributed by atoms with E-state index in [4.69, 9.17) is 27.4 Å². The van der Waals surface area contributed by atoms with Crippen molar-refractivity contribution in [2.24, 2.45) is 46.2 Å². The van der Waals surface area contributed by atoms with Crippen LogP contribution >= 0.6 is 0 Å². The molecule has 3 saturated carbocycles. The Morgan fingerprint density at radius 2 is 2.18 bits per heavy atom. The van der Waals surface area contributed by atoms with Gasteiger partial charge in [0.2, 0.25) is 0 Å². The third-order valence-electron chi connectivity index (χ3n) is 6.40. The van der Waals surface area contributed by atoms with Gasteiger partial charge in [0, 0.05) is 38.4 Å². The topological polar surface area (TPSA) is 20.2 Å². The highest BCUT2D eigenvalue weighted by Gasteiger charge is 2.59. The molecule has 0 aromatic carbocycles. The van der Waals surface area contributed by atoms with E-state index in [-0.39, 0.29) is 0 Å². The Morgan fingerprint density at radius 3 is 2.96 bits per heavy atom. The van der Waals surface area contributed by atoms with Gasteiger partial charge < -0.3 is 5.11 Å². The molecule has 0 bridgehead atoms. The molecule has 4 aliphatic carbocycles. The Hall–Kier alpha value is -0.300. The molecular formula is C27H46O. The number of rotatable bonds is 5. The molecule has 8 atom stereocenters. The molecule has 3 fully saturated rings. The lowest BCUT2D eigenvalue weighted by Crippen LogP contribution is -2.50. The summed E-state index contributed by atoms with van der Waals surface area (Å²) in [4.78, 5) is 0. The van der Waals surface area contributed by atoms with E-state index in [9.17, 15) is 18.8 Å². The van der Waals surface area contributed by atoms with Crippen LogP contribution in [0.2, 0.25) is 0 Å². The molecule has 4 rings (SSSR count). The molecular weight excluding hydrogens is 340 g/mol. The standard InChI is InChI=1S/C27H46O/c1-18(2)7-6-8-19(3)23-11-12-24-22-10-9-20-17-21(28)13-15-26(20,4)25(22)14-16-27(23,24)5/h9,18-19,21-25,28H,6-8,10-17H2,1-5H3/t19-,21+,22+,23-,24+,25+,26+,27-/m1/s1/i1D3,2D3,3D3,6D2,7D2,8D2,9D,10D2,11D2,12D2,17D2,18D,19D,21D,22D,23D,24D. The maximum absolute atomic E-state index is 10.8. The van der Waals surface area contributed by atoms with E-state index in [1.165, 1.54) is 6.92 Å². The van der Waals surface area contributed by atoms with Crippen molar-refractivity contribution in [2.45, 2.75) is 111 Å². The van der Waals surface area contributed by atoms with E-state index >= 15 is 0 Å². The van der Waals surface area contributed by atoms with Gasteiger partial charge in [-0.15, -0.1) is 0 Å². The lowest BCUT2D eigenvalue weighted by molar-refractivity contribution is -0.0573. The number of fused-ring (bicyclic) bond motifs is 5. The Balaban J connectivity index is 2.23. The molecule has 1 N–H and O–H groups in total. The summed E-state index contributed by atoms with van der Waals surface area (Å²) in [5, 5.41) is 10.8. The first-order valence-electron chi connectivity index (χ1n) is 24.3. The SMILES string of the molecule is [2H]C1=C2C([2H])([2H])[C@@]([2H])(O)CC[C@]2(C)[C@H]2CC[C@]3(C)[C@@]([2H])([C@]([2H])(C([2H])([2H])[2H])C([2H])([2H])C([2H])([2H])C([2H])([2H])C([2H])(C([2H])([2H])[2H])C([2H])([2H])[2H])C([2H])([2H])C([2H])([2H])[C@@]3([2H])[C@]2([2H])C1([2H])[2H]. The second kappa shape index (κ2) is 7.75. The van der Waals surface area contributed by atoms with Gasteiger partial charge in [-0.05, 0) is 97.4 Å². The minimum atomic E-state index is -5.10. The molecule has 0 aromatic rings. The number of hydrogen-bond donors (Lipinski definition) is 1. The number of aliphatic hydroxyl groups is 1. The van der Waals surface area contributed by atoms with Crippen LogP contribution < -0.4 is 0 Å². The number of allylic oxidation sites excluding steroid dienone is 1. The highest BCUT2D eigenvalue weighted by atomic mass is 16.3. The van der Waals surface area contributed by atoms with Crippen LogP contribution in [0, 0.1) is 46.2 Å². The van der Waals surface area contributed by atoms with E-state index in [0.29, 0.717) is 6.92 Å². The molecule has 0 heterocycles. The van der Waals surface area contributed by atoms with Gasteiger partial charge in [0.15, 0.2) is 0 Å². The Kier molecular flexibility index (Phi) is 1.48. The molecule has 1 heteroatoms. The molecule has 1 nitrogen and oxygen atoms in total. The van der Waals surface area contributed by atoms with Crippen molar-refractivity contribution in [2.75, 3.05) is 0 Å². The molecule has 0 radical (unpaired) electrons. The fourth-order valence-electron chi connectivity index (χ4n) is 4.74. The maximum Gasteiger partial charge on any atom is 0.0604 e. The predicted octanol–water partition coefficient (Wildman–Crippen LogP) is 7.39. The van der Waals surface area contributed by atoms with Gasteiger partial charge in [-0.25, -0.2) is 0 Å². The van der Waals surface area contributed by atoms with Crippen LogP contribution in [0.1, 0.15) is 146 Å². The average molecular weight is 417 g/mol. The van der Waals surface area contributed by atoms with Crippen LogP contribution in [-0.4, -0.2) is 11.2 Å². The lowest BCUT2D eigenvalue weighted by Gasteiger charge is -2.58. The van der Waals surface area contributed by atoms with Gasteiger partial charge in [-0.3, -0.25) is 0 Å². The Bertz CT molecular complexity index is 1740. The van der Waals surface area contributed by atoms with E-state index in [0.717, 1.165) is 0 Å². The van der Waals surface area contributed by atoms with Gasteiger partial charge in [-0.1, -0.05) is 65.1 Å². The highest BCUT2D eigenvalue weighted by molar-refractivity contribution is 5.25. The molecule has 0 spiro atoms. The van der Waals surface area contributed by atoms with Crippen molar-refractivity contribution in [3.05, 3.63) is 11.6 Å². The monoisotopic (exact) mass is 417 g/mol. The summed E-state index contributed by atoms with van der Waals surface area (Å²) in [6.07, 6.45) is -37.1. The molecule has 0 saturated heterocycles. The molecule has 0 amide bonds. The van der Waals surface area contributed by atoms with Crippen LogP contribution in [0.5, 0.6) is 0 Å². The molecule has 0 aliphatic heterocycles. The molecule has 28 heavy (non-hydrogen) atoms. The lowest BCUT2D eigenvalue weighted by atomic mass is 9.47. The van der Waals surface area contributed by atoms with Crippen LogP contribution in [0.25, 0.3) is 0 Å². The van der Waals surface area contributed by atoms with Gasteiger partial charge in [0.1, 0.15) is 0 Å². The van der Waals surface area contributed by atoms with Crippen LogP contribution in [0.15, 0.2) is 11.6 Å². The summed E-state index contributed by atoms with van der Waals surface area (Å²) < 4.78 is 263. The van der Waals surface area contributed by atoms with Gasteiger partial charge in [0.05, 0.1) is 8.82 Å². The van der Waals surface area contributed by atoms with Crippen molar-refractivity contribution in [3.8, 4) is 0 Å². The van der Waals surface area contributed by atoms with Crippen LogP contribution in [0.3, 0.4) is 0 Å². The highest BCUT2D eigenvalue weighted by Crippen LogP contribution is 2.67. The quantitative estimate of drug-likeness (QED) is 0.463. The smallest absolute Gasteiger partial charge is 0.0604 e. The summed E-state index contributed by atoms with van der Waals surface area (Å²) in [7, 11) is 0. The van der Waals surface area contributed by atoms with Crippen LogP contribution in [0.4, 0.5) is 0 Å². The zero-order valence-electron chi connectivity index (χ0n) is 45.9. The zero-order valence-corrected chi connectivity index (χ0v) is 15.9. The van der Waals surface area contributed by atoms with Gasteiger partial charge in [0.25, 0.3) is 0 Å². The van der Waals surface area contributed by atoms with Crippen molar-refractivity contribution in [3.63, 3.8) is 0 Å². The maximum atomic E-state index is 10.8. The summed E-state index contributed by atoms with van der Waals surface area (Å²) in [5.74, 6) is -23.8. The fourth-order valence-corrected chi connectivity index (χ4v) is 4.74. The summed E-state index contributed by atoms with van der Waals surface area (Å²) in [6, 6.07) is -1.47. The predicted molar refractivity (Wildman–Crippen MR) is 119 cm³/mol. The normalized spacial score (nSPS) is 84.8. The summed E-state index contributed by atoms with van der Waals surface area (Å²) >= 11 is 0. The van der Waals surface area contributed by atoms with Crippen molar-refractivity contribution in [1.82, 2.24) is 0 Å². The molecule has 4 aliphatic rings. The largest absolute Gasteiger partial charge is 0.393 e. The van der Waals surface area contributed by atoms with Crippen molar-refractivity contribution >= 4 is 0 Å². The number of hydrogen-bond acceptors (Lipinski definition) is 1. The second-order valence-electron chi connectivity index (χ2n) is 8.08. The summed E-state index contributed by atoms with van der Waals surface area (Å²) in [5.41, 5.74) is -6.26. The van der Waals surface area contributed by atoms with Gasteiger partial charge >= 0.3 is 0 Å². The molecule has 0 aromatic heterocycles. The second-order valence-corrected chi connectivity index (χ2v) is 8.08. The third kappa shape index (κ3) is 3.42. The third-order valence-corrected chi connectivity index (χ3v) is 6.40.